The van der Waals surface area contributed by atoms with Crippen LogP contribution in [0.15, 0.2) is 0 Å². The molecule has 0 aromatic heterocycles. The highest BCUT2D eigenvalue weighted by molar-refractivity contribution is 6.45. The van der Waals surface area contributed by atoms with Crippen molar-refractivity contribution in [1.82, 2.24) is 0 Å². The second-order valence-corrected chi connectivity index (χ2v) is 3.70. The van der Waals surface area contributed by atoms with Gasteiger partial charge in [-0.05, 0) is 6.92 Å². The molecule has 0 bridgehead atoms. The van der Waals surface area contributed by atoms with E-state index in [2.05, 4.69) is 0 Å². The molecule has 0 aliphatic carbocycles. The molecule has 1 atom stereocenters. The standard InChI is InChI=1S/C9H13ClO4/c1-2-14-8(12)9(10)4-6-13-5-3-7(9)11/h2-6H2,1H3. The second kappa shape index (κ2) is 4.75. The van der Waals surface area contributed by atoms with Crippen LogP contribution in [-0.4, -0.2) is 36.4 Å². The Morgan fingerprint density at radius 1 is 1.64 bits per heavy atom. The van der Waals surface area contributed by atoms with Crippen molar-refractivity contribution in [2.75, 3.05) is 19.8 Å². The number of halogens is 1. The number of rotatable bonds is 2. The van der Waals surface area contributed by atoms with Crippen LogP contribution in [0.4, 0.5) is 0 Å². The van der Waals surface area contributed by atoms with E-state index in [-0.39, 0.29) is 25.2 Å². The van der Waals surface area contributed by atoms with Crippen LogP contribution >= 0.6 is 11.6 Å². The summed E-state index contributed by atoms with van der Waals surface area (Å²) in [6.45, 7) is 2.54. The van der Waals surface area contributed by atoms with Crippen molar-refractivity contribution in [2.24, 2.45) is 0 Å². The molecular weight excluding hydrogens is 208 g/mol. The van der Waals surface area contributed by atoms with Crippen LogP contribution < -0.4 is 0 Å². The Hall–Kier alpha value is -0.610. The van der Waals surface area contributed by atoms with Crippen molar-refractivity contribution in [2.45, 2.75) is 24.6 Å². The summed E-state index contributed by atoms with van der Waals surface area (Å²) in [6, 6.07) is 0. The summed E-state index contributed by atoms with van der Waals surface area (Å²) in [7, 11) is 0. The Morgan fingerprint density at radius 3 is 3.00 bits per heavy atom. The topological polar surface area (TPSA) is 52.6 Å². The van der Waals surface area contributed by atoms with E-state index < -0.39 is 10.8 Å². The maximum atomic E-state index is 11.5. The first-order valence-electron chi connectivity index (χ1n) is 4.58. The van der Waals surface area contributed by atoms with E-state index in [4.69, 9.17) is 21.1 Å². The molecule has 14 heavy (non-hydrogen) atoms. The SMILES string of the molecule is CCOC(=O)C1(Cl)CCOCCC1=O. The first-order chi connectivity index (χ1) is 6.61. The number of Topliss-reactive ketones (excluding diaryl/α,β-unsaturated/α-hetero) is 1. The van der Waals surface area contributed by atoms with Gasteiger partial charge in [-0.3, -0.25) is 4.79 Å². The normalized spacial score (nSPS) is 28.3. The zero-order valence-electron chi connectivity index (χ0n) is 8.05. The molecule has 5 heteroatoms. The van der Waals surface area contributed by atoms with Crippen LogP contribution in [0.5, 0.6) is 0 Å². The van der Waals surface area contributed by atoms with E-state index in [0.717, 1.165) is 0 Å². The molecule has 0 amide bonds. The van der Waals surface area contributed by atoms with Crippen molar-refractivity contribution in [3.63, 3.8) is 0 Å². The van der Waals surface area contributed by atoms with Crippen molar-refractivity contribution in [1.29, 1.82) is 0 Å². The van der Waals surface area contributed by atoms with Gasteiger partial charge in [0.05, 0.1) is 13.2 Å². The Balaban J connectivity index is 2.76. The van der Waals surface area contributed by atoms with Crippen molar-refractivity contribution in [3.05, 3.63) is 0 Å². The van der Waals surface area contributed by atoms with E-state index in [0.29, 0.717) is 13.2 Å². The summed E-state index contributed by atoms with van der Waals surface area (Å²) in [4.78, 5) is 21.5. The Labute approximate surface area is 87.5 Å². The van der Waals surface area contributed by atoms with Gasteiger partial charge < -0.3 is 9.47 Å². The second-order valence-electron chi connectivity index (χ2n) is 3.06. The summed E-state index contributed by atoms with van der Waals surface area (Å²) in [5.41, 5.74) is 0. The van der Waals surface area contributed by atoms with Crippen LogP contribution in [0, 0.1) is 0 Å². The molecule has 1 fully saturated rings. The quantitative estimate of drug-likeness (QED) is 0.394. The molecule has 4 nitrogen and oxygen atoms in total. The third-order valence-electron chi connectivity index (χ3n) is 2.11. The van der Waals surface area contributed by atoms with Crippen molar-refractivity contribution >= 4 is 23.4 Å². The van der Waals surface area contributed by atoms with Gasteiger partial charge in [-0.2, -0.15) is 0 Å². The molecule has 0 radical (unpaired) electrons. The number of hydrogen-bond acceptors (Lipinski definition) is 4. The minimum absolute atomic E-state index is 0.169. The lowest BCUT2D eigenvalue weighted by Gasteiger charge is -2.20. The number of carbonyl (C=O) groups excluding carboxylic acids is 2. The molecule has 1 aliphatic rings. The van der Waals surface area contributed by atoms with Gasteiger partial charge in [0.1, 0.15) is 0 Å². The predicted octanol–water partition coefficient (Wildman–Crippen LogP) is 0.907. The smallest absolute Gasteiger partial charge is 0.335 e. The molecule has 1 rings (SSSR count). The molecule has 0 aromatic carbocycles. The van der Waals surface area contributed by atoms with Crippen LogP contribution in [0.3, 0.4) is 0 Å². The minimum Gasteiger partial charge on any atom is -0.464 e. The zero-order chi connectivity index (χ0) is 10.6. The number of ketones is 1. The number of alkyl halides is 1. The molecule has 0 aromatic rings. The Bertz CT molecular complexity index is 241. The summed E-state index contributed by atoms with van der Waals surface area (Å²) in [5, 5.41) is 0. The van der Waals surface area contributed by atoms with Gasteiger partial charge in [0.15, 0.2) is 5.78 Å². The number of hydrogen-bond donors (Lipinski definition) is 0. The molecule has 1 aliphatic heterocycles. The summed E-state index contributed by atoms with van der Waals surface area (Å²) in [5.74, 6) is -0.965. The highest BCUT2D eigenvalue weighted by Crippen LogP contribution is 2.27. The average Bonchev–Trinajstić information content (AvgIpc) is 2.31. The van der Waals surface area contributed by atoms with Gasteiger partial charge >= 0.3 is 5.97 Å². The van der Waals surface area contributed by atoms with Gasteiger partial charge in [-0.15, -0.1) is 0 Å². The molecule has 0 spiro atoms. The van der Waals surface area contributed by atoms with E-state index in [1.165, 1.54) is 0 Å². The third-order valence-corrected chi connectivity index (χ3v) is 2.66. The zero-order valence-corrected chi connectivity index (χ0v) is 8.80. The van der Waals surface area contributed by atoms with Crippen LogP contribution in [-0.2, 0) is 19.1 Å². The number of ether oxygens (including phenoxy) is 2. The first-order valence-corrected chi connectivity index (χ1v) is 4.96. The van der Waals surface area contributed by atoms with Crippen molar-refractivity contribution in [3.8, 4) is 0 Å². The molecular formula is C9H13ClO4. The molecule has 1 saturated heterocycles. The van der Waals surface area contributed by atoms with Crippen LogP contribution in [0.1, 0.15) is 19.8 Å². The minimum atomic E-state index is -1.52. The number of carbonyl (C=O) groups is 2. The lowest BCUT2D eigenvalue weighted by atomic mass is 9.98. The van der Waals surface area contributed by atoms with E-state index in [1.54, 1.807) is 6.92 Å². The van der Waals surface area contributed by atoms with Gasteiger partial charge in [0.2, 0.25) is 4.87 Å². The first kappa shape index (κ1) is 11.5. The fourth-order valence-electron chi connectivity index (χ4n) is 1.28. The highest BCUT2D eigenvalue weighted by Gasteiger charge is 2.45. The fourth-order valence-corrected chi connectivity index (χ4v) is 1.50. The lowest BCUT2D eigenvalue weighted by molar-refractivity contribution is -0.149. The molecule has 0 saturated carbocycles. The predicted molar refractivity (Wildman–Crippen MR) is 50.3 cm³/mol. The van der Waals surface area contributed by atoms with Gasteiger partial charge in [0.25, 0.3) is 0 Å². The van der Waals surface area contributed by atoms with Crippen LogP contribution in [0.2, 0.25) is 0 Å². The van der Waals surface area contributed by atoms with Crippen molar-refractivity contribution < 1.29 is 19.1 Å². The van der Waals surface area contributed by atoms with Gasteiger partial charge in [-0.25, -0.2) is 4.79 Å². The Kier molecular flexibility index (Phi) is 3.89. The monoisotopic (exact) mass is 220 g/mol. The molecule has 0 N–H and O–H groups in total. The summed E-state index contributed by atoms with van der Waals surface area (Å²) in [6.07, 6.45) is 0.356. The van der Waals surface area contributed by atoms with Gasteiger partial charge in [-0.1, -0.05) is 11.6 Å². The molecule has 1 unspecified atom stereocenters. The largest absolute Gasteiger partial charge is 0.464 e. The third kappa shape index (κ3) is 2.25. The average molecular weight is 221 g/mol. The lowest BCUT2D eigenvalue weighted by Crippen LogP contribution is -2.42. The highest BCUT2D eigenvalue weighted by atomic mass is 35.5. The van der Waals surface area contributed by atoms with Gasteiger partial charge in [0, 0.05) is 19.4 Å². The fraction of sp³-hybridized carbons (Fsp3) is 0.778. The maximum Gasteiger partial charge on any atom is 0.335 e. The molecule has 1 heterocycles. The number of esters is 1. The summed E-state index contributed by atoms with van der Waals surface area (Å²) >= 11 is 5.96. The van der Waals surface area contributed by atoms with E-state index in [9.17, 15) is 9.59 Å². The maximum absolute atomic E-state index is 11.5. The Morgan fingerprint density at radius 2 is 2.36 bits per heavy atom. The van der Waals surface area contributed by atoms with E-state index >= 15 is 0 Å². The molecule has 80 valence electrons. The van der Waals surface area contributed by atoms with E-state index in [1.807, 2.05) is 0 Å². The van der Waals surface area contributed by atoms with Crippen LogP contribution in [0.25, 0.3) is 0 Å². The summed E-state index contributed by atoms with van der Waals surface area (Å²) < 4.78 is 9.84.